The summed E-state index contributed by atoms with van der Waals surface area (Å²) >= 11 is 2.28. The Balaban J connectivity index is 3.05. The minimum atomic E-state index is -0.251. The molecule has 0 aromatic rings. The van der Waals surface area contributed by atoms with Crippen molar-refractivity contribution in [3.8, 4) is 0 Å². The molecule has 0 aromatic carbocycles. The zero-order valence-electron chi connectivity index (χ0n) is 28.5. The van der Waals surface area contributed by atoms with Gasteiger partial charge < -0.3 is 66.3 Å². The fourth-order valence-corrected chi connectivity index (χ4v) is 3.50. The van der Waals surface area contributed by atoms with Gasteiger partial charge in [-0.05, 0) is 6.92 Å². The highest BCUT2D eigenvalue weighted by Crippen LogP contribution is 1.90. The van der Waals surface area contributed by atoms with Crippen LogP contribution in [-0.4, -0.2) is 189 Å². The molecule has 0 heterocycles. The first-order chi connectivity index (χ1) is 23.3. The molecule has 0 bridgehead atoms. The first-order valence-electron chi connectivity index (χ1n) is 16.5. The van der Waals surface area contributed by atoms with E-state index in [2.05, 4.69) is 22.6 Å². The molecule has 47 heavy (non-hydrogen) atoms. The number of halogens is 1. The number of esters is 1. The predicted octanol–water partition coefficient (Wildman–Crippen LogP) is 1.59. The van der Waals surface area contributed by atoms with Crippen LogP contribution >= 0.6 is 22.6 Å². The molecule has 0 atom stereocenters. The van der Waals surface area contributed by atoms with Crippen LogP contribution in [0.3, 0.4) is 0 Å². The van der Waals surface area contributed by atoms with Crippen LogP contribution in [0, 0.1) is 0 Å². The highest BCUT2D eigenvalue weighted by Gasteiger charge is 2.01. The van der Waals surface area contributed by atoms with Crippen molar-refractivity contribution in [2.24, 2.45) is 0 Å². The number of ether oxygens (including phenoxy) is 14. The van der Waals surface area contributed by atoms with Crippen LogP contribution in [0.25, 0.3) is 0 Å². The van der Waals surface area contributed by atoms with E-state index in [1.54, 1.807) is 6.92 Å². The van der Waals surface area contributed by atoms with Gasteiger partial charge in [-0.25, -0.2) is 0 Å². The number of rotatable bonds is 42. The van der Waals surface area contributed by atoms with Crippen LogP contribution in [0.15, 0.2) is 0 Å². The van der Waals surface area contributed by atoms with Gasteiger partial charge in [0.05, 0.1) is 185 Å². The minimum Gasteiger partial charge on any atom is -0.466 e. The molecule has 0 fully saturated rings. The van der Waals surface area contributed by atoms with Crippen molar-refractivity contribution < 1.29 is 71.1 Å². The molecule has 0 saturated carbocycles. The van der Waals surface area contributed by atoms with Gasteiger partial charge in [0, 0.05) is 4.43 Å². The Bertz CT molecular complexity index is 595. The van der Waals surface area contributed by atoms with Crippen molar-refractivity contribution in [3.05, 3.63) is 0 Å². The molecule has 0 aliphatic carbocycles. The van der Waals surface area contributed by atoms with Gasteiger partial charge in [0.25, 0.3) is 0 Å². The molecule has 15 nitrogen and oxygen atoms in total. The largest absolute Gasteiger partial charge is 0.466 e. The molecule has 16 heteroatoms. The van der Waals surface area contributed by atoms with E-state index in [-0.39, 0.29) is 12.4 Å². The number of carbonyl (C=O) groups excluding carboxylic acids is 1. The minimum absolute atomic E-state index is 0.251. The van der Waals surface area contributed by atoms with Crippen LogP contribution < -0.4 is 0 Å². The zero-order chi connectivity index (χ0) is 34.0. The predicted molar refractivity (Wildman–Crippen MR) is 181 cm³/mol. The number of carbonyl (C=O) groups is 1. The van der Waals surface area contributed by atoms with E-state index in [0.717, 1.165) is 11.0 Å². The van der Waals surface area contributed by atoms with E-state index in [9.17, 15) is 4.79 Å². The lowest BCUT2D eigenvalue weighted by Crippen LogP contribution is -2.15. The summed E-state index contributed by atoms with van der Waals surface area (Å²) < 4.78 is 76.4. The van der Waals surface area contributed by atoms with Crippen molar-refractivity contribution in [1.29, 1.82) is 0 Å². The van der Waals surface area contributed by atoms with Crippen molar-refractivity contribution in [2.75, 3.05) is 183 Å². The number of hydrogen-bond donors (Lipinski definition) is 0. The van der Waals surface area contributed by atoms with Crippen LogP contribution in [-0.2, 0) is 71.1 Å². The average Bonchev–Trinajstić information content (AvgIpc) is 3.07. The third-order valence-electron chi connectivity index (χ3n) is 5.44. The first-order valence-corrected chi connectivity index (χ1v) is 18.1. The molecule has 282 valence electrons. The van der Waals surface area contributed by atoms with Gasteiger partial charge in [-0.3, -0.25) is 4.79 Å². The Morgan fingerprint density at radius 2 is 0.532 bits per heavy atom. The zero-order valence-corrected chi connectivity index (χ0v) is 30.7. The Kier molecular flexibility index (Phi) is 43.4. The number of hydrogen-bond acceptors (Lipinski definition) is 15. The monoisotopic (exact) mass is 800 g/mol. The lowest BCUT2D eigenvalue weighted by atomic mass is 10.5. The summed E-state index contributed by atoms with van der Waals surface area (Å²) in [6.07, 6.45) is 0.256. The van der Waals surface area contributed by atoms with Crippen molar-refractivity contribution >= 4 is 28.6 Å². The molecule has 0 saturated heterocycles. The molecular formula is C31H61IO15. The maximum absolute atomic E-state index is 11.1. The Hall–Kier alpha value is -0.320. The highest BCUT2D eigenvalue weighted by atomic mass is 127. The highest BCUT2D eigenvalue weighted by molar-refractivity contribution is 14.1. The Morgan fingerprint density at radius 3 is 0.723 bits per heavy atom. The summed E-state index contributed by atoms with van der Waals surface area (Å²) in [6, 6.07) is 0. The van der Waals surface area contributed by atoms with E-state index in [1.165, 1.54) is 0 Å². The lowest BCUT2D eigenvalue weighted by Gasteiger charge is -2.09. The molecule has 0 rings (SSSR count). The summed E-state index contributed by atoms with van der Waals surface area (Å²) in [6.45, 7) is 15.5. The Morgan fingerprint density at radius 1 is 0.340 bits per heavy atom. The standard InChI is InChI=1S/C31H61IO15/c1-2-47-31(33)3-5-34-7-9-36-11-13-38-15-17-40-19-21-42-23-25-44-27-29-46-30-28-45-26-24-43-22-20-41-18-16-39-14-12-37-10-8-35-6-4-32/h2-30H2,1H3. The van der Waals surface area contributed by atoms with E-state index in [4.69, 9.17) is 66.3 Å². The molecule has 0 aliphatic rings. The van der Waals surface area contributed by atoms with E-state index >= 15 is 0 Å². The summed E-state index contributed by atoms with van der Waals surface area (Å²) in [5.74, 6) is -0.251. The van der Waals surface area contributed by atoms with Gasteiger partial charge in [0.2, 0.25) is 0 Å². The molecular weight excluding hydrogens is 739 g/mol. The van der Waals surface area contributed by atoms with E-state index in [0.29, 0.717) is 172 Å². The second-order valence-electron chi connectivity index (χ2n) is 9.20. The molecule has 0 aliphatic heterocycles. The van der Waals surface area contributed by atoms with Crippen LogP contribution in [0.4, 0.5) is 0 Å². The second-order valence-corrected chi connectivity index (χ2v) is 10.3. The second kappa shape index (κ2) is 43.7. The Labute approximate surface area is 295 Å². The van der Waals surface area contributed by atoms with Gasteiger partial charge in [-0.1, -0.05) is 22.6 Å². The summed E-state index contributed by atoms with van der Waals surface area (Å²) in [5, 5.41) is 0. The molecule has 0 spiro atoms. The normalized spacial score (nSPS) is 11.4. The molecule has 0 N–H and O–H groups in total. The fourth-order valence-electron chi connectivity index (χ4n) is 3.18. The summed E-state index contributed by atoms with van der Waals surface area (Å²) in [5.41, 5.74) is 0. The van der Waals surface area contributed by atoms with Gasteiger partial charge in [-0.15, -0.1) is 0 Å². The third-order valence-corrected chi connectivity index (χ3v) is 5.88. The maximum Gasteiger partial charge on any atom is 0.308 e. The van der Waals surface area contributed by atoms with Crippen molar-refractivity contribution in [3.63, 3.8) is 0 Å². The summed E-state index contributed by atoms with van der Waals surface area (Å²) in [4.78, 5) is 11.1. The first kappa shape index (κ1) is 46.7. The smallest absolute Gasteiger partial charge is 0.308 e. The maximum atomic E-state index is 11.1. The molecule has 0 aromatic heterocycles. The van der Waals surface area contributed by atoms with Crippen molar-refractivity contribution in [1.82, 2.24) is 0 Å². The topological polar surface area (TPSA) is 146 Å². The van der Waals surface area contributed by atoms with Gasteiger partial charge >= 0.3 is 5.97 Å². The average molecular weight is 801 g/mol. The molecule has 0 amide bonds. The quantitative estimate of drug-likeness (QED) is 0.0381. The van der Waals surface area contributed by atoms with Gasteiger partial charge in [0.1, 0.15) is 0 Å². The lowest BCUT2D eigenvalue weighted by molar-refractivity contribution is -0.144. The van der Waals surface area contributed by atoms with Crippen LogP contribution in [0.1, 0.15) is 13.3 Å². The van der Waals surface area contributed by atoms with E-state index in [1.807, 2.05) is 0 Å². The van der Waals surface area contributed by atoms with Gasteiger partial charge in [0.15, 0.2) is 0 Å². The molecule has 0 unspecified atom stereocenters. The fraction of sp³-hybridized carbons (Fsp3) is 0.968. The van der Waals surface area contributed by atoms with Crippen LogP contribution in [0.2, 0.25) is 0 Å². The van der Waals surface area contributed by atoms with Crippen molar-refractivity contribution in [2.45, 2.75) is 13.3 Å². The SMILES string of the molecule is CCOC(=O)CCOCCOCCOCCOCCOCCOCCOCCOCCOCCOCCOCCOCCOCCI. The summed E-state index contributed by atoms with van der Waals surface area (Å²) in [7, 11) is 0. The number of alkyl halides is 1. The van der Waals surface area contributed by atoms with Crippen LogP contribution in [0.5, 0.6) is 0 Å². The van der Waals surface area contributed by atoms with Gasteiger partial charge in [-0.2, -0.15) is 0 Å². The molecule has 0 radical (unpaired) electrons. The van der Waals surface area contributed by atoms with E-state index < -0.39 is 0 Å². The third kappa shape index (κ3) is 43.7.